The molecule has 4 aromatic rings. The maximum atomic E-state index is 2.65. The molecule has 7 rings (SSSR count). The van der Waals surface area contributed by atoms with E-state index in [9.17, 15) is 0 Å². The van der Waals surface area contributed by atoms with Gasteiger partial charge in [0.2, 0.25) is 0 Å². The summed E-state index contributed by atoms with van der Waals surface area (Å²) >= 11 is -2.95. The molecule has 0 N–H and O–H groups in total. The zero-order chi connectivity index (χ0) is 29.9. The minimum absolute atomic E-state index is 0. The zero-order valence-electron chi connectivity index (χ0n) is 27.6. The van der Waals surface area contributed by atoms with Crippen molar-refractivity contribution in [1.82, 2.24) is 0 Å². The van der Waals surface area contributed by atoms with Crippen molar-refractivity contribution in [2.24, 2.45) is 11.8 Å². The van der Waals surface area contributed by atoms with Crippen LogP contribution in [0.15, 0.2) is 96.1 Å². The van der Waals surface area contributed by atoms with E-state index in [0.717, 1.165) is 12.8 Å². The molecule has 1 heterocycles. The number of allylic oxidation sites excluding steroid dienone is 2. The minimum Gasteiger partial charge on any atom is -1.00 e. The standard InChI is InChI=1S/2C20H21.C2H4.2ClH.Hf/c2*1-4-15-8-10-16(11-9-15)19-7-5-6-17-12-18(14(2)3)13-20(17)19;1-2;;;/h2*5-14H,4H2,1-3H3;1-2H2;2*1H;/q;;;;;+2/p-2. The Morgan fingerprint density at radius 1 is 0.556 bits per heavy atom. The first-order valence-corrected chi connectivity index (χ1v) is 26.0. The number of rotatable bonds is 8. The SMILES string of the molecule is CCc1ccc(-c2cccc3c2C=C(C(C)C)[CH]3[Hf+2]2([CH]3C(C(C)C)=Cc4c(-c5ccc(CC)cc5)cccc43)[CH2][CH2]2)cc1.[Cl-].[Cl-]. The molecule has 2 atom stereocenters. The molecule has 0 saturated carbocycles. The van der Waals surface area contributed by atoms with Gasteiger partial charge in [-0.15, -0.1) is 0 Å². The van der Waals surface area contributed by atoms with Crippen LogP contribution in [0.1, 0.15) is 82.3 Å². The minimum atomic E-state index is -2.95. The Balaban J connectivity index is 0.00000200. The maximum absolute atomic E-state index is 2.95. The van der Waals surface area contributed by atoms with E-state index in [1.54, 1.807) is 22.3 Å². The van der Waals surface area contributed by atoms with Gasteiger partial charge in [-0.2, -0.15) is 0 Å². The molecule has 3 heteroatoms. The third-order valence-corrected chi connectivity index (χ3v) is 29.7. The van der Waals surface area contributed by atoms with Gasteiger partial charge >= 0.3 is 266 Å². The normalized spacial score (nSPS) is 18.2. The Kier molecular flexibility index (Phi) is 10.2. The van der Waals surface area contributed by atoms with Gasteiger partial charge in [0.1, 0.15) is 0 Å². The molecule has 0 bridgehead atoms. The molecule has 2 unspecified atom stereocenters. The molecule has 1 saturated heterocycles. The second kappa shape index (κ2) is 13.5. The van der Waals surface area contributed by atoms with Crippen LogP contribution in [0.2, 0.25) is 8.35 Å². The second-order valence-electron chi connectivity index (χ2n) is 13.9. The van der Waals surface area contributed by atoms with Crippen LogP contribution >= 0.6 is 0 Å². The molecule has 0 amide bonds. The van der Waals surface area contributed by atoms with E-state index in [-0.39, 0.29) is 24.8 Å². The monoisotopic (exact) mass is 800 g/mol. The van der Waals surface area contributed by atoms with Crippen LogP contribution in [-0.2, 0) is 32.8 Å². The topological polar surface area (TPSA) is 0 Å². The van der Waals surface area contributed by atoms with E-state index in [2.05, 4.69) is 139 Å². The van der Waals surface area contributed by atoms with E-state index in [0.29, 0.717) is 19.2 Å². The first kappa shape index (κ1) is 34.2. The average Bonchev–Trinajstić information content (AvgIpc) is 3.54. The van der Waals surface area contributed by atoms with Crippen LogP contribution in [0, 0.1) is 11.8 Å². The van der Waals surface area contributed by atoms with Gasteiger partial charge in [-0.05, 0) is 0 Å². The van der Waals surface area contributed by atoms with E-state index in [1.165, 1.54) is 52.9 Å². The summed E-state index contributed by atoms with van der Waals surface area (Å²) in [7, 11) is 0. The predicted octanol–water partition coefficient (Wildman–Crippen LogP) is 6.05. The molecule has 232 valence electrons. The second-order valence-corrected chi connectivity index (χ2v) is 30.5. The Hall–Kier alpha value is -2.19. The number of hydrogen-bond donors (Lipinski definition) is 0. The van der Waals surface area contributed by atoms with Crippen LogP contribution in [0.25, 0.3) is 34.4 Å². The van der Waals surface area contributed by atoms with Crippen LogP contribution in [0.5, 0.6) is 0 Å². The van der Waals surface area contributed by atoms with Crippen molar-refractivity contribution in [3.63, 3.8) is 0 Å². The van der Waals surface area contributed by atoms with Gasteiger partial charge in [0.05, 0.1) is 0 Å². The molecule has 3 aliphatic rings. The fraction of sp³-hybridized carbons (Fsp3) is 0.333. The zero-order valence-corrected chi connectivity index (χ0v) is 32.7. The molecule has 0 nitrogen and oxygen atoms in total. The third-order valence-electron chi connectivity index (χ3n) is 10.8. The van der Waals surface area contributed by atoms with Crippen molar-refractivity contribution in [3.8, 4) is 22.3 Å². The number of hydrogen-bond acceptors (Lipinski definition) is 0. The van der Waals surface area contributed by atoms with Gasteiger partial charge in [0.15, 0.2) is 0 Å². The predicted molar refractivity (Wildman–Crippen MR) is 183 cm³/mol. The summed E-state index contributed by atoms with van der Waals surface area (Å²) in [5.41, 5.74) is 18.2. The maximum Gasteiger partial charge on any atom is -1.00 e. The molecule has 0 aromatic heterocycles. The van der Waals surface area contributed by atoms with Crippen molar-refractivity contribution in [1.29, 1.82) is 0 Å². The largest absolute Gasteiger partial charge is 1.00 e. The van der Waals surface area contributed by atoms with E-state index >= 15 is 0 Å². The smallest absolute Gasteiger partial charge is 1.00 e. The number of fused-ring (bicyclic) bond motifs is 2. The summed E-state index contributed by atoms with van der Waals surface area (Å²) in [6.07, 6.45) is 7.47. The average molecular weight is 800 g/mol. The van der Waals surface area contributed by atoms with Gasteiger partial charge in [-0.1, -0.05) is 0 Å². The molecule has 0 radical (unpaired) electrons. The van der Waals surface area contributed by atoms with Crippen LogP contribution in [0.3, 0.4) is 0 Å². The van der Waals surface area contributed by atoms with Gasteiger partial charge in [0, 0.05) is 0 Å². The molecule has 1 aliphatic heterocycles. The Bertz CT molecular complexity index is 1610. The summed E-state index contributed by atoms with van der Waals surface area (Å²) in [5, 5.41) is 0. The third kappa shape index (κ3) is 5.81. The van der Waals surface area contributed by atoms with Crippen LogP contribution in [-0.4, -0.2) is 0 Å². The Morgan fingerprint density at radius 3 is 1.24 bits per heavy atom. The molecule has 0 spiro atoms. The molecule has 1 fully saturated rings. The molecule has 45 heavy (non-hydrogen) atoms. The number of benzene rings is 4. The van der Waals surface area contributed by atoms with E-state index < -0.39 is 20.0 Å². The fourth-order valence-corrected chi connectivity index (χ4v) is 37.3. The van der Waals surface area contributed by atoms with Gasteiger partial charge in [0.25, 0.3) is 0 Å². The van der Waals surface area contributed by atoms with Crippen molar-refractivity contribution >= 4 is 12.2 Å². The van der Waals surface area contributed by atoms with Crippen LogP contribution in [0.4, 0.5) is 0 Å². The first-order chi connectivity index (χ1) is 20.9. The van der Waals surface area contributed by atoms with Crippen molar-refractivity contribution < 1.29 is 44.8 Å². The van der Waals surface area contributed by atoms with Crippen molar-refractivity contribution in [3.05, 3.63) is 129 Å². The molecule has 4 aromatic carbocycles. The van der Waals surface area contributed by atoms with Gasteiger partial charge in [-0.3, -0.25) is 0 Å². The molecular formula is C42H46Cl2Hf. The number of aryl methyl sites for hydroxylation is 2. The van der Waals surface area contributed by atoms with Crippen LogP contribution < -0.4 is 24.8 Å². The Morgan fingerprint density at radius 2 is 0.933 bits per heavy atom. The van der Waals surface area contributed by atoms with E-state index in [4.69, 9.17) is 0 Å². The summed E-state index contributed by atoms with van der Waals surface area (Å²) in [5.74, 6) is 1.14. The van der Waals surface area contributed by atoms with Crippen molar-refractivity contribution in [2.75, 3.05) is 0 Å². The van der Waals surface area contributed by atoms with Crippen molar-refractivity contribution in [2.45, 2.75) is 70.1 Å². The molecule has 2 aliphatic carbocycles. The summed E-state index contributed by atoms with van der Waals surface area (Å²) in [6, 6.07) is 33.1. The van der Waals surface area contributed by atoms with E-state index in [1.807, 2.05) is 0 Å². The Labute approximate surface area is 288 Å². The number of halogens is 2. The quantitative estimate of drug-likeness (QED) is 0.191. The van der Waals surface area contributed by atoms with Gasteiger partial charge < -0.3 is 24.8 Å². The summed E-state index contributed by atoms with van der Waals surface area (Å²) in [6.45, 7) is 14.3. The fourth-order valence-electron chi connectivity index (χ4n) is 8.37. The molecular weight excluding hydrogens is 754 g/mol. The summed E-state index contributed by atoms with van der Waals surface area (Å²) < 4.78 is 4.39. The first-order valence-electron chi connectivity index (χ1n) is 16.7. The van der Waals surface area contributed by atoms with Gasteiger partial charge in [-0.25, -0.2) is 0 Å². The summed E-state index contributed by atoms with van der Waals surface area (Å²) in [4.78, 5) is 0.